The van der Waals surface area contributed by atoms with Crippen molar-refractivity contribution < 1.29 is 0 Å². The Morgan fingerprint density at radius 2 is 1.89 bits per heavy atom. The molecule has 0 aliphatic carbocycles. The standard InChI is InChI=1S/C13H17N5/c1-5-14-6-2-12(1)11-17-8-3-13(4-9-17)18-10-7-15-16-18/h1-2,5-7,10,13H,3-4,8-9,11H2. The molecule has 1 fully saturated rings. The van der Waals surface area contributed by atoms with Crippen molar-refractivity contribution in [1.82, 2.24) is 24.9 Å². The highest BCUT2D eigenvalue weighted by Crippen LogP contribution is 2.22. The highest BCUT2D eigenvalue weighted by atomic mass is 15.4. The molecule has 0 spiro atoms. The molecule has 3 rings (SSSR count). The van der Waals surface area contributed by atoms with Crippen molar-refractivity contribution in [3.63, 3.8) is 0 Å². The number of aromatic nitrogens is 4. The lowest BCUT2D eigenvalue weighted by atomic mass is 10.0. The summed E-state index contributed by atoms with van der Waals surface area (Å²) in [5.74, 6) is 0. The second-order valence-electron chi connectivity index (χ2n) is 4.75. The molecular formula is C13H17N5. The average molecular weight is 243 g/mol. The average Bonchev–Trinajstić information content (AvgIpc) is 2.95. The van der Waals surface area contributed by atoms with E-state index in [0.29, 0.717) is 6.04 Å². The number of likely N-dealkylation sites (tertiary alicyclic amines) is 1. The Bertz CT molecular complexity index is 459. The van der Waals surface area contributed by atoms with E-state index in [1.807, 2.05) is 23.3 Å². The van der Waals surface area contributed by atoms with Crippen molar-refractivity contribution in [2.24, 2.45) is 0 Å². The normalized spacial score (nSPS) is 18.0. The van der Waals surface area contributed by atoms with Gasteiger partial charge in [-0.25, -0.2) is 4.68 Å². The molecule has 0 aromatic carbocycles. The van der Waals surface area contributed by atoms with Crippen molar-refractivity contribution in [3.8, 4) is 0 Å². The van der Waals surface area contributed by atoms with E-state index in [9.17, 15) is 0 Å². The van der Waals surface area contributed by atoms with Gasteiger partial charge in [0.2, 0.25) is 0 Å². The molecule has 5 nitrogen and oxygen atoms in total. The van der Waals surface area contributed by atoms with Gasteiger partial charge in [0.15, 0.2) is 0 Å². The van der Waals surface area contributed by atoms with Gasteiger partial charge in [-0.1, -0.05) is 5.21 Å². The van der Waals surface area contributed by atoms with E-state index in [4.69, 9.17) is 0 Å². The number of rotatable bonds is 3. The lowest BCUT2D eigenvalue weighted by Crippen LogP contribution is -2.34. The first-order valence-corrected chi connectivity index (χ1v) is 6.39. The van der Waals surface area contributed by atoms with E-state index in [-0.39, 0.29) is 0 Å². The number of hydrogen-bond acceptors (Lipinski definition) is 4. The summed E-state index contributed by atoms with van der Waals surface area (Å²) in [6.07, 6.45) is 9.73. The molecule has 2 aromatic heterocycles. The van der Waals surface area contributed by atoms with E-state index in [1.54, 1.807) is 6.20 Å². The van der Waals surface area contributed by atoms with Crippen LogP contribution in [0.25, 0.3) is 0 Å². The zero-order chi connectivity index (χ0) is 12.2. The zero-order valence-electron chi connectivity index (χ0n) is 10.3. The summed E-state index contributed by atoms with van der Waals surface area (Å²) in [4.78, 5) is 6.54. The fourth-order valence-corrected chi connectivity index (χ4v) is 2.50. The maximum absolute atomic E-state index is 4.09. The van der Waals surface area contributed by atoms with Crippen LogP contribution >= 0.6 is 0 Å². The van der Waals surface area contributed by atoms with Crippen LogP contribution in [0, 0.1) is 0 Å². The molecule has 0 atom stereocenters. The number of piperidine rings is 1. The molecule has 0 amide bonds. The van der Waals surface area contributed by atoms with Crippen LogP contribution in [0.15, 0.2) is 36.9 Å². The third-order valence-electron chi connectivity index (χ3n) is 3.53. The summed E-state index contributed by atoms with van der Waals surface area (Å²) >= 11 is 0. The fraction of sp³-hybridized carbons (Fsp3) is 0.462. The molecule has 0 radical (unpaired) electrons. The van der Waals surface area contributed by atoms with Crippen LogP contribution < -0.4 is 0 Å². The molecular weight excluding hydrogens is 226 g/mol. The molecule has 1 saturated heterocycles. The van der Waals surface area contributed by atoms with E-state index >= 15 is 0 Å². The van der Waals surface area contributed by atoms with Crippen LogP contribution in [0.5, 0.6) is 0 Å². The third-order valence-corrected chi connectivity index (χ3v) is 3.53. The van der Waals surface area contributed by atoms with E-state index in [1.165, 1.54) is 5.56 Å². The van der Waals surface area contributed by atoms with Gasteiger partial charge >= 0.3 is 0 Å². The van der Waals surface area contributed by atoms with E-state index in [2.05, 4.69) is 32.3 Å². The molecule has 5 heteroatoms. The van der Waals surface area contributed by atoms with Crippen LogP contribution in [0.4, 0.5) is 0 Å². The van der Waals surface area contributed by atoms with Crippen LogP contribution in [0.1, 0.15) is 24.4 Å². The SMILES string of the molecule is c1cc(CN2CCC(n3ccnn3)CC2)ccn1. The number of pyridine rings is 1. The minimum absolute atomic E-state index is 0.515. The van der Waals surface area contributed by atoms with Crippen LogP contribution in [0.3, 0.4) is 0 Å². The van der Waals surface area contributed by atoms with Gasteiger partial charge in [0.05, 0.1) is 12.2 Å². The van der Waals surface area contributed by atoms with Gasteiger partial charge in [0.25, 0.3) is 0 Å². The Balaban J connectivity index is 1.54. The maximum atomic E-state index is 4.09. The van der Waals surface area contributed by atoms with E-state index in [0.717, 1.165) is 32.5 Å². The Labute approximate surface area is 106 Å². The third kappa shape index (κ3) is 2.56. The second-order valence-corrected chi connectivity index (χ2v) is 4.75. The molecule has 0 saturated carbocycles. The van der Waals surface area contributed by atoms with Gasteiger partial charge in [-0.3, -0.25) is 9.88 Å². The summed E-state index contributed by atoms with van der Waals surface area (Å²) in [5.41, 5.74) is 1.34. The Kier molecular flexibility index (Phi) is 3.32. The maximum Gasteiger partial charge on any atom is 0.0693 e. The topological polar surface area (TPSA) is 46.8 Å². The summed E-state index contributed by atoms with van der Waals surface area (Å²) in [6, 6.07) is 4.69. The van der Waals surface area contributed by atoms with Gasteiger partial charge in [0, 0.05) is 38.2 Å². The summed E-state index contributed by atoms with van der Waals surface area (Å²) in [6.45, 7) is 3.26. The molecule has 0 unspecified atom stereocenters. The predicted octanol–water partition coefficient (Wildman–Crippen LogP) is 1.51. The van der Waals surface area contributed by atoms with Gasteiger partial charge < -0.3 is 0 Å². The van der Waals surface area contributed by atoms with E-state index < -0.39 is 0 Å². The highest BCUT2D eigenvalue weighted by Gasteiger charge is 2.20. The molecule has 2 aromatic rings. The fourth-order valence-electron chi connectivity index (χ4n) is 2.50. The minimum Gasteiger partial charge on any atom is -0.299 e. The summed E-state index contributed by atoms with van der Waals surface area (Å²) < 4.78 is 1.99. The van der Waals surface area contributed by atoms with Crippen molar-refractivity contribution >= 4 is 0 Å². The quantitative estimate of drug-likeness (QED) is 0.820. The first-order valence-electron chi connectivity index (χ1n) is 6.39. The minimum atomic E-state index is 0.515. The van der Waals surface area contributed by atoms with Gasteiger partial charge in [0.1, 0.15) is 0 Å². The van der Waals surface area contributed by atoms with Gasteiger partial charge in [-0.05, 0) is 30.5 Å². The summed E-state index contributed by atoms with van der Waals surface area (Å²) in [5, 5.41) is 7.97. The largest absolute Gasteiger partial charge is 0.299 e. The predicted molar refractivity (Wildman–Crippen MR) is 67.8 cm³/mol. The molecule has 18 heavy (non-hydrogen) atoms. The zero-order valence-corrected chi connectivity index (χ0v) is 10.3. The molecule has 1 aliphatic rings. The number of hydrogen-bond donors (Lipinski definition) is 0. The second kappa shape index (κ2) is 5.27. The Hall–Kier alpha value is -1.75. The van der Waals surface area contributed by atoms with Crippen molar-refractivity contribution in [3.05, 3.63) is 42.5 Å². The molecule has 0 bridgehead atoms. The monoisotopic (exact) mass is 243 g/mol. The van der Waals surface area contributed by atoms with Gasteiger partial charge in [-0.15, -0.1) is 5.10 Å². The highest BCUT2D eigenvalue weighted by molar-refractivity contribution is 5.09. The Morgan fingerprint density at radius 3 is 2.56 bits per heavy atom. The van der Waals surface area contributed by atoms with Crippen LogP contribution in [-0.2, 0) is 6.54 Å². The molecule has 3 heterocycles. The number of nitrogens with zero attached hydrogens (tertiary/aromatic N) is 5. The van der Waals surface area contributed by atoms with Gasteiger partial charge in [-0.2, -0.15) is 0 Å². The first-order chi connectivity index (χ1) is 8.92. The molecule has 94 valence electrons. The molecule has 0 N–H and O–H groups in total. The lowest BCUT2D eigenvalue weighted by Gasteiger charge is -2.31. The smallest absolute Gasteiger partial charge is 0.0693 e. The van der Waals surface area contributed by atoms with Crippen molar-refractivity contribution in [2.45, 2.75) is 25.4 Å². The van der Waals surface area contributed by atoms with Crippen LogP contribution in [0.2, 0.25) is 0 Å². The van der Waals surface area contributed by atoms with Crippen molar-refractivity contribution in [2.75, 3.05) is 13.1 Å². The Morgan fingerprint density at radius 1 is 1.11 bits per heavy atom. The first kappa shape index (κ1) is 11.3. The lowest BCUT2D eigenvalue weighted by molar-refractivity contribution is 0.172. The summed E-state index contributed by atoms with van der Waals surface area (Å²) in [7, 11) is 0. The van der Waals surface area contributed by atoms with Crippen molar-refractivity contribution in [1.29, 1.82) is 0 Å². The van der Waals surface area contributed by atoms with Crippen LogP contribution in [-0.4, -0.2) is 38.0 Å². The molecule has 1 aliphatic heterocycles.